The van der Waals surface area contributed by atoms with Gasteiger partial charge in [0.25, 0.3) is 0 Å². The molecule has 1 aliphatic carbocycles. The molecule has 1 saturated heterocycles. The molecule has 0 bridgehead atoms. The Labute approximate surface area is 168 Å². The molecule has 28 heavy (non-hydrogen) atoms. The second-order valence-electron chi connectivity index (χ2n) is 7.60. The van der Waals surface area contributed by atoms with E-state index in [1.54, 1.807) is 0 Å². The Kier molecular flexibility index (Phi) is 5.02. The van der Waals surface area contributed by atoms with E-state index >= 15 is 0 Å². The van der Waals surface area contributed by atoms with Crippen LogP contribution in [0.2, 0.25) is 0 Å². The number of amides is 3. The Balaban J connectivity index is 1.44. The Bertz CT molecular complexity index is 911. The molecule has 2 aromatic rings. The maximum Gasteiger partial charge on any atom is 0.246 e. The number of likely N-dealkylation sites (tertiary alicyclic amines) is 1. The van der Waals surface area contributed by atoms with Crippen LogP contribution in [-0.2, 0) is 14.4 Å². The summed E-state index contributed by atoms with van der Waals surface area (Å²) < 4.78 is 0. The number of aromatic nitrogens is 1. The van der Waals surface area contributed by atoms with E-state index < -0.39 is 0 Å². The first-order chi connectivity index (χ1) is 13.4. The van der Waals surface area contributed by atoms with Crippen LogP contribution in [0, 0.1) is 25.7 Å². The number of carbonyl (C=O) groups excluding carboxylic acids is 3. The molecular formula is C21H23N3O3S. The van der Waals surface area contributed by atoms with Crippen molar-refractivity contribution in [1.82, 2.24) is 9.88 Å². The molecule has 2 unspecified atom stereocenters. The molecule has 146 valence electrons. The quantitative estimate of drug-likeness (QED) is 0.801. The van der Waals surface area contributed by atoms with Crippen LogP contribution < -0.4 is 5.32 Å². The number of fused-ring (bicyclic) bond motifs is 1. The fourth-order valence-electron chi connectivity index (χ4n) is 4.12. The molecule has 1 aliphatic heterocycles. The summed E-state index contributed by atoms with van der Waals surface area (Å²) in [6.07, 6.45) is 3.44. The first-order valence-corrected chi connectivity index (χ1v) is 10.4. The number of imide groups is 1. The van der Waals surface area contributed by atoms with Gasteiger partial charge in [-0.2, -0.15) is 0 Å². The fourth-order valence-corrected chi connectivity index (χ4v) is 4.97. The van der Waals surface area contributed by atoms with Crippen LogP contribution in [0.15, 0.2) is 24.3 Å². The smallest absolute Gasteiger partial charge is 0.246 e. The lowest BCUT2D eigenvalue weighted by Crippen LogP contribution is -2.38. The lowest BCUT2D eigenvalue weighted by atomic mass is 9.81. The van der Waals surface area contributed by atoms with Crippen molar-refractivity contribution in [2.45, 2.75) is 39.5 Å². The average Bonchev–Trinajstić information content (AvgIpc) is 3.15. The Morgan fingerprint density at radius 1 is 1.11 bits per heavy atom. The summed E-state index contributed by atoms with van der Waals surface area (Å²) >= 11 is 1.39. The van der Waals surface area contributed by atoms with Gasteiger partial charge in [-0.1, -0.05) is 42.7 Å². The molecule has 7 heteroatoms. The summed E-state index contributed by atoms with van der Waals surface area (Å²) in [5.41, 5.74) is 3.00. The van der Waals surface area contributed by atoms with Gasteiger partial charge in [-0.25, -0.2) is 4.98 Å². The van der Waals surface area contributed by atoms with Gasteiger partial charge in [0.15, 0.2) is 5.13 Å². The number of nitrogens with one attached hydrogen (secondary N) is 1. The highest BCUT2D eigenvalue weighted by Crippen LogP contribution is 2.38. The van der Waals surface area contributed by atoms with E-state index in [2.05, 4.69) is 10.3 Å². The molecule has 2 fully saturated rings. The summed E-state index contributed by atoms with van der Waals surface area (Å²) in [5.74, 6) is -1.24. The van der Waals surface area contributed by atoms with Crippen molar-refractivity contribution in [2.24, 2.45) is 11.8 Å². The number of thiazole rings is 1. The van der Waals surface area contributed by atoms with Crippen LogP contribution >= 0.6 is 11.3 Å². The highest BCUT2D eigenvalue weighted by Gasteiger charge is 2.48. The van der Waals surface area contributed by atoms with Crippen LogP contribution in [0.25, 0.3) is 11.3 Å². The summed E-state index contributed by atoms with van der Waals surface area (Å²) in [6, 6.07) is 8.06. The van der Waals surface area contributed by atoms with Crippen LogP contribution in [0.4, 0.5) is 5.13 Å². The second kappa shape index (κ2) is 7.47. The first-order valence-electron chi connectivity index (χ1n) is 9.63. The molecule has 2 atom stereocenters. The molecule has 1 aromatic carbocycles. The van der Waals surface area contributed by atoms with E-state index in [0.717, 1.165) is 46.7 Å². The van der Waals surface area contributed by atoms with Gasteiger partial charge < -0.3 is 5.32 Å². The summed E-state index contributed by atoms with van der Waals surface area (Å²) in [6.45, 7) is 3.75. The molecule has 0 radical (unpaired) electrons. The van der Waals surface area contributed by atoms with Crippen molar-refractivity contribution in [3.8, 4) is 11.3 Å². The van der Waals surface area contributed by atoms with Gasteiger partial charge in [0.05, 0.1) is 17.5 Å². The number of hydrogen-bond acceptors (Lipinski definition) is 5. The van der Waals surface area contributed by atoms with Crippen molar-refractivity contribution in [1.29, 1.82) is 0 Å². The molecule has 1 aromatic heterocycles. The number of rotatable bonds is 4. The zero-order chi connectivity index (χ0) is 19.8. The zero-order valence-corrected chi connectivity index (χ0v) is 16.8. The normalized spacial score (nSPS) is 21.7. The van der Waals surface area contributed by atoms with E-state index in [1.165, 1.54) is 16.9 Å². The molecule has 6 nitrogen and oxygen atoms in total. The van der Waals surface area contributed by atoms with Crippen LogP contribution in [0.1, 0.15) is 36.1 Å². The molecule has 2 aliphatic rings. The molecule has 3 amide bonds. The van der Waals surface area contributed by atoms with Crippen molar-refractivity contribution < 1.29 is 14.4 Å². The number of anilines is 1. The Morgan fingerprint density at radius 3 is 2.32 bits per heavy atom. The van der Waals surface area contributed by atoms with Crippen molar-refractivity contribution in [2.75, 3.05) is 11.9 Å². The fraction of sp³-hybridized carbons (Fsp3) is 0.429. The van der Waals surface area contributed by atoms with E-state index in [1.807, 2.05) is 38.1 Å². The molecule has 4 rings (SSSR count). The summed E-state index contributed by atoms with van der Waals surface area (Å²) in [4.78, 5) is 44.2. The van der Waals surface area contributed by atoms with E-state index in [9.17, 15) is 14.4 Å². The maximum atomic E-state index is 12.5. The van der Waals surface area contributed by atoms with Crippen LogP contribution in [0.3, 0.4) is 0 Å². The topological polar surface area (TPSA) is 79.4 Å². The molecule has 1 saturated carbocycles. The highest BCUT2D eigenvalue weighted by atomic mass is 32.1. The largest absolute Gasteiger partial charge is 0.300 e. The van der Waals surface area contributed by atoms with Gasteiger partial charge in [0, 0.05) is 10.4 Å². The zero-order valence-electron chi connectivity index (χ0n) is 16.0. The predicted octanol–water partition coefficient (Wildman–Crippen LogP) is 3.54. The van der Waals surface area contributed by atoms with Crippen molar-refractivity contribution >= 4 is 34.2 Å². The maximum absolute atomic E-state index is 12.5. The average molecular weight is 398 g/mol. The Morgan fingerprint density at radius 2 is 1.71 bits per heavy atom. The number of nitrogens with zero attached hydrogens (tertiary/aromatic N) is 2. The minimum absolute atomic E-state index is 0.194. The molecular weight excluding hydrogens is 374 g/mol. The minimum atomic E-state index is -0.385. The van der Waals surface area contributed by atoms with Crippen molar-refractivity contribution in [3.63, 3.8) is 0 Å². The summed E-state index contributed by atoms with van der Waals surface area (Å²) in [7, 11) is 0. The third-order valence-electron chi connectivity index (χ3n) is 5.60. The lowest BCUT2D eigenvalue weighted by molar-refractivity contribution is -0.142. The highest BCUT2D eigenvalue weighted by molar-refractivity contribution is 7.16. The van der Waals surface area contributed by atoms with Gasteiger partial charge >= 0.3 is 0 Å². The van der Waals surface area contributed by atoms with E-state index in [0.29, 0.717) is 5.13 Å². The van der Waals surface area contributed by atoms with Gasteiger partial charge in [-0.15, -0.1) is 11.3 Å². The second-order valence-corrected chi connectivity index (χ2v) is 8.80. The standard InChI is InChI=1S/C21H23N3O3S/c1-12-7-9-14(10-8-12)18-13(2)28-21(23-18)22-17(25)11-24-19(26)15-5-3-4-6-16(15)20(24)27/h7-10,15-16H,3-6,11H2,1-2H3,(H,22,23,25). The summed E-state index contributed by atoms with van der Waals surface area (Å²) in [5, 5.41) is 3.24. The van der Waals surface area contributed by atoms with Gasteiger partial charge in [-0.05, 0) is 26.7 Å². The molecule has 1 N–H and O–H groups in total. The number of benzene rings is 1. The van der Waals surface area contributed by atoms with Gasteiger partial charge in [-0.3, -0.25) is 19.3 Å². The van der Waals surface area contributed by atoms with E-state index in [4.69, 9.17) is 0 Å². The van der Waals surface area contributed by atoms with Gasteiger partial charge in [0.1, 0.15) is 6.54 Å². The third-order valence-corrected chi connectivity index (χ3v) is 6.49. The third kappa shape index (κ3) is 3.46. The van der Waals surface area contributed by atoms with Crippen LogP contribution in [-0.4, -0.2) is 34.2 Å². The number of carbonyl (C=O) groups is 3. The van der Waals surface area contributed by atoms with Gasteiger partial charge in [0.2, 0.25) is 17.7 Å². The van der Waals surface area contributed by atoms with Crippen LogP contribution in [0.5, 0.6) is 0 Å². The number of hydrogen-bond donors (Lipinski definition) is 1. The molecule has 2 heterocycles. The minimum Gasteiger partial charge on any atom is -0.300 e. The lowest BCUT2D eigenvalue weighted by Gasteiger charge is -2.19. The monoisotopic (exact) mass is 397 g/mol. The SMILES string of the molecule is Cc1ccc(-c2nc(NC(=O)CN3C(=O)C4CCCCC4C3=O)sc2C)cc1. The first kappa shape index (κ1) is 18.8. The van der Waals surface area contributed by atoms with Crippen molar-refractivity contribution in [3.05, 3.63) is 34.7 Å². The number of aryl methyl sites for hydroxylation is 2. The van der Waals surface area contributed by atoms with E-state index in [-0.39, 0.29) is 36.1 Å². The predicted molar refractivity (Wildman–Crippen MR) is 108 cm³/mol. The Hall–Kier alpha value is -2.54. The molecule has 0 spiro atoms.